The van der Waals surface area contributed by atoms with Gasteiger partial charge in [-0.15, -0.1) is 0 Å². The van der Waals surface area contributed by atoms with Crippen LogP contribution in [0.4, 0.5) is 4.39 Å². The Hall–Kier alpha value is -0.110. The van der Waals surface area contributed by atoms with Crippen molar-refractivity contribution in [3.8, 4) is 0 Å². The normalized spacial score (nSPS) is 43.9. The van der Waals surface area contributed by atoms with Crippen LogP contribution >= 0.6 is 0 Å². The third kappa shape index (κ3) is 1.92. The minimum atomic E-state index is -0.789. The molecule has 0 heterocycles. The molecule has 0 spiro atoms. The third-order valence-corrected chi connectivity index (χ3v) is 2.62. The molecular weight excluding hydrogens is 141 g/mol. The Morgan fingerprint density at radius 1 is 1.36 bits per heavy atom. The van der Waals surface area contributed by atoms with Gasteiger partial charge in [0.1, 0.15) is 6.17 Å². The van der Waals surface area contributed by atoms with Gasteiger partial charge in [-0.05, 0) is 24.2 Å². The summed E-state index contributed by atoms with van der Waals surface area (Å²) < 4.78 is 13.2. The molecule has 1 saturated carbocycles. The van der Waals surface area contributed by atoms with E-state index in [1.165, 1.54) is 0 Å². The molecule has 1 nitrogen and oxygen atoms in total. The van der Waals surface area contributed by atoms with E-state index in [4.69, 9.17) is 5.73 Å². The molecule has 3 atom stereocenters. The summed E-state index contributed by atoms with van der Waals surface area (Å²) in [5.74, 6) is 0.133. The highest BCUT2D eigenvalue weighted by Crippen LogP contribution is 2.39. The highest BCUT2D eigenvalue weighted by Gasteiger charge is 2.37. The van der Waals surface area contributed by atoms with Gasteiger partial charge in [-0.2, -0.15) is 0 Å². The van der Waals surface area contributed by atoms with Gasteiger partial charge in [-0.1, -0.05) is 20.8 Å². The molecule has 0 aromatic rings. The minimum absolute atomic E-state index is 0.133. The standard InChI is InChI=1S/C9H18FN/c1-6-4-9(2,3)5-7(11)8(6)10/h6-8H,4-5,11H2,1-3H3/t6-,7-,8-/m0/s1. The van der Waals surface area contributed by atoms with Gasteiger partial charge in [0, 0.05) is 6.04 Å². The molecule has 2 N–H and O–H groups in total. The molecule has 1 aliphatic rings. The highest BCUT2D eigenvalue weighted by atomic mass is 19.1. The zero-order valence-electron chi connectivity index (χ0n) is 7.60. The second kappa shape index (κ2) is 2.74. The summed E-state index contributed by atoms with van der Waals surface area (Å²) in [4.78, 5) is 0. The van der Waals surface area contributed by atoms with E-state index in [1.807, 2.05) is 6.92 Å². The molecule has 0 saturated heterocycles. The summed E-state index contributed by atoms with van der Waals surface area (Å²) in [6, 6.07) is -0.242. The van der Waals surface area contributed by atoms with Crippen LogP contribution in [0.25, 0.3) is 0 Å². The van der Waals surface area contributed by atoms with Crippen LogP contribution in [0.5, 0.6) is 0 Å². The van der Waals surface area contributed by atoms with Gasteiger partial charge >= 0.3 is 0 Å². The van der Waals surface area contributed by atoms with Crippen molar-refractivity contribution in [3.63, 3.8) is 0 Å². The predicted octanol–water partition coefficient (Wildman–Crippen LogP) is 2.11. The quantitative estimate of drug-likeness (QED) is 0.575. The van der Waals surface area contributed by atoms with Crippen LogP contribution in [0.2, 0.25) is 0 Å². The Kier molecular flexibility index (Phi) is 2.24. The zero-order valence-corrected chi connectivity index (χ0v) is 7.60. The van der Waals surface area contributed by atoms with Crippen LogP contribution in [0.15, 0.2) is 0 Å². The zero-order chi connectivity index (χ0) is 8.65. The van der Waals surface area contributed by atoms with Gasteiger partial charge in [-0.25, -0.2) is 4.39 Å². The van der Waals surface area contributed by atoms with E-state index in [0.717, 1.165) is 12.8 Å². The molecule has 66 valence electrons. The largest absolute Gasteiger partial charge is 0.325 e. The number of hydrogen-bond donors (Lipinski definition) is 1. The SMILES string of the molecule is C[C@H]1CC(C)(C)C[C@H](N)[C@H]1F. The molecule has 1 aliphatic carbocycles. The maximum absolute atomic E-state index is 13.2. The fourth-order valence-electron chi connectivity index (χ4n) is 2.24. The first-order valence-corrected chi connectivity index (χ1v) is 4.32. The smallest absolute Gasteiger partial charge is 0.118 e. The number of rotatable bonds is 0. The Morgan fingerprint density at radius 2 is 1.91 bits per heavy atom. The molecule has 0 bridgehead atoms. The van der Waals surface area contributed by atoms with Gasteiger partial charge in [0.2, 0.25) is 0 Å². The minimum Gasteiger partial charge on any atom is -0.325 e. The third-order valence-electron chi connectivity index (χ3n) is 2.62. The van der Waals surface area contributed by atoms with Crippen LogP contribution in [-0.2, 0) is 0 Å². The molecular formula is C9H18FN. The molecule has 0 aliphatic heterocycles. The van der Waals surface area contributed by atoms with Gasteiger partial charge in [0.15, 0.2) is 0 Å². The number of halogens is 1. The average molecular weight is 159 g/mol. The van der Waals surface area contributed by atoms with Crippen molar-refractivity contribution >= 4 is 0 Å². The van der Waals surface area contributed by atoms with Gasteiger partial charge in [-0.3, -0.25) is 0 Å². The topological polar surface area (TPSA) is 26.0 Å². The van der Waals surface area contributed by atoms with Crippen LogP contribution in [0.3, 0.4) is 0 Å². The Balaban J connectivity index is 2.62. The van der Waals surface area contributed by atoms with E-state index in [-0.39, 0.29) is 17.4 Å². The van der Waals surface area contributed by atoms with Crippen molar-refractivity contribution in [2.24, 2.45) is 17.1 Å². The summed E-state index contributed by atoms with van der Waals surface area (Å²) >= 11 is 0. The van der Waals surface area contributed by atoms with Crippen molar-refractivity contribution in [2.45, 2.75) is 45.8 Å². The number of alkyl halides is 1. The lowest BCUT2D eigenvalue weighted by Crippen LogP contribution is -2.45. The molecule has 11 heavy (non-hydrogen) atoms. The maximum atomic E-state index is 13.2. The summed E-state index contributed by atoms with van der Waals surface area (Å²) in [6.45, 7) is 6.27. The molecule has 0 aromatic heterocycles. The second-order valence-electron chi connectivity index (χ2n) is 4.66. The first kappa shape index (κ1) is 8.98. The van der Waals surface area contributed by atoms with E-state index >= 15 is 0 Å². The molecule has 0 aromatic carbocycles. The lowest BCUT2D eigenvalue weighted by atomic mass is 9.70. The first-order chi connectivity index (χ1) is 4.92. The lowest BCUT2D eigenvalue weighted by molar-refractivity contribution is 0.0736. The average Bonchev–Trinajstić information content (AvgIpc) is 1.81. The monoisotopic (exact) mass is 159 g/mol. The summed E-state index contributed by atoms with van der Waals surface area (Å²) in [5, 5.41) is 0. The van der Waals surface area contributed by atoms with Crippen molar-refractivity contribution < 1.29 is 4.39 Å². The van der Waals surface area contributed by atoms with Crippen LogP contribution in [-0.4, -0.2) is 12.2 Å². The van der Waals surface area contributed by atoms with E-state index in [1.54, 1.807) is 0 Å². The highest BCUT2D eigenvalue weighted by molar-refractivity contribution is 4.90. The second-order valence-corrected chi connectivity index (χ2v) is 4.66. The fraction of sp³-hybridized carbons (Fsp3) is 1.00. The van der Waals surface area contributed by atoms with Gasteiger partial charge < -0.3 is 5.73 Å². The van der Waals surface area contributed by atoms with Crippen molar-refractivity contribution in [3.05, 3.63) is 0 Å². The molecule has 0 amide bonds. The predicted molar refractivity (Wildman–Crippen MR) is 45.1 cm³/mol. The van der Waals surface area contributed by atoms with E-state index in [9.17, 15) is 4.39 Å². The molecule has 0 radical (unpaired) electrons. The summed E-state index contributed by atoms with van der Waals surface area (Å²) in [5.41, 5.74) is 5.91. The summed E-state index contributed by atoms with van der Waals surface area (Å²) in [6.07, 6.45) is 0.989. The Morgan fingerprint density at radius 3 is 2.36 bits per heavy atom. The molecule has 1 fully saturated rings. The van der Waals surface area contributed by atoms with Crippen molar-refractivity contribution in [1.29, 1.82) is 0 Å². The van der Waals surface area contributed by atoms with Gasteiger partial charge in [0.25, 0.3) is 0 Å². The van der Waals surface area contributed by atoms with Crippen molar-refractivity contribution in [2.75, 3.05) is 0 Å². The molecule has 0 unspecified atom stereocenters. The Labute approximate surface area is 68.2 Å². The Bertz CT molecular complexity index is 130. The fourth-order valence-corrected chi connectivity index (χ4v) is 2.24. The van der Waals surface area contributed by atoms with Crippen LogP contribution < -0.4 is 5.73 Å². The first-order valence-electron chi connectivity index (χ1n) is 4.32. The number of hydrogen-bond acceptors (Lipinski definition) is 1. The maximum Gasteiger partial charge on any atom is 0.118 e. The summed E-state index contributed by atoms with van der Waals surface area (Å²) in [7, 11) is 0. The van der Waals surface area contributed by atoms with Crippen LogP contribution in [0, 0.1) is 11.3 Å². The van der Waals surface area contributed by atoms with Crippen LogP contribution in [0.1, 0.15) is 33.6 Å². The van der Waals surface area contributed by atoms with E-state index < -0.39 is 6.17 Å². The van der Waals surface area contributed by atoms with Gasteiger partial charge in [0.05, 0.1) is 0 Å². The van der Waals surface area contributed by atoms with Crippen molar-refractivity contribution in [1.82, 2.24) is 0 Å². The molecule has 2 heteroatoms. The van der Waals surface area contributed by atoms with E-state index in [0.29, 0.717) is 0 Å². The molecule has 1 rings (SSSR count). The number of nitrogens with two attached hydrogens (primary N) is 1. The van der Waals surface area contributed by atoms with E-state index in [2.05, 4.69) is 13.8 Å². The lowest BCUT2D eigenvalue weighted by Gasteiger charge is -2.39.